The van der Waals surface area contributed by atoms with E-state index in [4.69, 9.17) is 0 Å². The van der Waals surface area contributed by atoms with Gasteiger partial charge in [0.05, 0.1) is 15.6 Å². The third-order valence-corrected chi connectivity index (χ3v) is 8.05. The zero-order valence-corrected chi connectivity index (χ0v) is 20.6. The van der Waals surface area contributed by atoms with Gasteiger partial charge in [-0.15, -0.1) is 24.9 Å². The summed E-state index contributed by atoms with van der Waals surface area (Å²) in [7, 11) is 0. The first kappa shape index (κ1) is 24.3. The molecule has 0 saturated heterocycles. The molecule has 0 radical (unpaired) electrons. The number of hydrogen-bond donors (Lipinski definition) is 1. The van der Waals surface area contributed by atoms with Crippen molar-refractivity contribution in [2.45, 2.75) is 36.6 Å². The number of nitrogens with zero attached hydrogens (tertiary/aromatic N) is 3. The summed E-state index contributed by atoms with van der Waals surface area (Å²) < 4.78 is 58.4. The van der Waals surface area contributed by atoms with Crippen LogP contribution in [0.25, 0.3) is 27.5 Å². The van der Waals surface area contributed by atoms with Gasteiger partial charge in [-0.2, -0.15) is 9.78 Å². The summed E-state index contributed by atoms with van der Waals surface area (Å²) in [6.45, 7) is 5.18. The molecular weight excluding hydrogens is 518 g/mol. The highest BCUT2D eigenvalue weighted by Crippen LogP contribution is 2.53. The highest BCUT2D eigenvalue weighted by atomic mass is 32.2. The molecule has 0 fully saturated rings. The van der Waals surface area contributed by atoms with E-state index in [-0.39, 0.29) is 27.4 Å². The number of fused-ring (bicyclic) bond motifs is 3. The van der Waals surface area contributed by atoms with Crippen molar-refractivity contribution in [2.24, 2.45) is 0 Å². The lowest BCUT2D eigenvalue weighted by Crippen LogP contribution is -2.17. The lowest BCUT2D eigenvalue weighted by molar-refractivity contribution is -0.274. The highest BCUT2D eigenvalue weighted by Gasteiger charge is 2.34. The number of rotatable bonds is 4. The third-order valence-electron chi connectivity index (χ3n) is 5.67. The van der Waals surface area contributed by atoms with Gasteiger partial charge in [0, 0.05) is 16.4 Å². The number of ether oxygens (including phenoxy) is 1. The Morgan fingerprint density at radius 2 is 1.92 bits per heavy atom. The molecule has 0 spiro atoms. The molecule has 0 amide bonds. The second-order valence-corrected chi connectivity index (χ2v) is 10.8. The normalized spacial score (nSPS) is 14.9. The largest absolute Gasteiger partial charge is 0.573 e. The van der Waals surface area contributed by atoms with E-state index in [1.165, 1.54) is 58.1 Å². The molecule has 36 heavy (non-hydrogen) atoms. The standard InChI is InChI=1S/C24H17F4N3O3S2/c1-10-7-15(34-24(26,27)28)9-16-12(3)35-22-19(17(10)16)29-23(36-22)31-20(21(32)33)18(11(2)30-31)13-5-4-6-14(25)8-13/h4-9,12H,1-3H3,(H,32,33). The Bertz CT molecular complexity index is 1530. The Hall–Kier alpha value is -3.38. The number of thiazole rings is 1. The minimum atomic E-state index is -4.81. The maximum atomic E-state index is 13.9. The van der Waals surface area contributed by atoms with Crippen LogP contribution in [0.2, 0.25) is 0 Å². The van der Waals surface area contributed by atoms with Crippen molar-refractivity contribution in [3.05, 3.63) is 64.7 Å². The van der Waals surface area contributed by atoms with Crippen molar-refractivity contribution in [3.63, 3.8) is 0 Å². The molecule has 0 bridgehead atoms. The Morgan fingerprint density at radius 1 is 1.17 bits per heavy atom. The fraction of sp³-hybridized carbons (Fsp3) is 0.208. The van der Waals surface area contributed by atoms with E-state index in [1.54, 1.807) is 19.9 Å². The van der Waals surface area contributed by atoms with Gasteiger partial charge in [0.25, 0.3) is 0 Å². The summed E-state index contributed by atoms with van der Waals surface area (Å²) in [5.74, 6) is -2.07. The molecule has 4 aromatic rings. The molecule has 1 aliphatic heterocycles. The van der Waals surface area contributed by atoms with Gasteiger partial charge < -0.3 is 9.84 Å². The molecule has 1 N–H and O–H groups in total. The number of halogens is 4. The number of aryl methyl sites for hydroxylation is 2. The van der Waals surface area contributed by atoms with Crippen molar-refractivity contribution in [2.75, 3.05) is 0 Å². The van der Waals surface area contributed by atoms with Crippen LogP contribution in [0.1, 0.15) is 39.5 Å². The minimum Gasteiger partial charge on any atom is -0.476 e. The first-order valence-corrected chi connectivity index (χ1v) is 12.3. The predicted molar refractivity (Wildman–Crippen MR) is 127 cm³/mol. The summed E-state index contributed by atoms with van der Waals surface area (Å²) in [5, 5.41) is 14.5. The molecule has 186 valence electrons. The van der Waals surface area contributed by atoms with Crippen LogP contribution >= 0.6 is 23.1 Å². The van der Waals surface area contributed by atoms with E-state index in [2.05, 4.69) is 14.8 Å². The molecule has 1 atom stereocenters. The summed E-state index contributed by atoms with van der Waals surface area (Å²) in [6.07, 6.45) is -4.81. The number of carboxylic acid groups (broad SMARTS) is 1. The van der Waals surface area contributed by atoms with Gasteiger partial charge in [0.15, 0.2) is 5.69 Å². The fourth-order valence-corrected chi connectivity index (χ4v) is 6.83. The van der Waals surface area contributed by atoms with Crippen LogP contribution in [0.5, 0.6) is 5.75 Å². The monoisotopic (exact) mass is 535 g/mol. The average Bonchev–Trinajstić information content (AvgIpc) is 3.33. The lowest BCUT2D eigenvalue weighted by atomic mass is 9.96. The summed E-state index contributed by atoms with van der Waals surface area (Å²) in [6, 6.07) is 8.27. The number of aromatic nitrogens is 3. The second-order valence-electron chi connectivity index (χ2n) is 8.18. The van der Waals surface area contributed by atoms with Crippen LogP contribution < -0.4 is 4.74 Å². The number of carbonyl (C=O) groups is 1. The maximum absolute atomic E-state index is 13.9. The zero-order chi connectivity index (χ0) is 25.9. The van der Waals surface area contributed by atoms with Crippen LogP contribution in [0.15, 0.2) is 40.6 Å². The van der Waals surface area contributed by atoms with Crippen molar-refractivity contribution >= 4 is 29.1 Å². The lowest BCUT2D eigenvalue weighted by Gasteiger charge is -2.24. The van der Waals surface area contributed by atoms with E-state index < -0.39 is 18.1 Å². The molecule has 0 aliphatic carbocycles. The van der Waals surface area contributed by atoms with Gasteiger partial charge >= 0.3 is 12.3 Å². The molecule has 12 heteroatoms. The first-order valence-electron chi connectivity index (χ1n) is 10.6. The number of hydrogen-bond acceptors (Lipinski definition) is 6. The van der Waals surface area contributed by atoms with Crippen molar-refractivity contribution < 1.29 is 32.2 Å². The minimum absolute atomic E-state index is 0.159. The second kappa shape index (κ2) is 8.63. The van der Waals surface area contributed by atoms with Gasteiger partial charge in [-0.1, -0.05) is 23.5 Å². The molecule has 1 aliphatic rings. The Morgan fingerprint density at radius 3 is 2.58 bits per heavy atom. The molecule has 6 nitrogen and oxygen atoms in total. The summed E-state index contributed by atoms with van der Waals surface area (Å²) in [4.78, 5) is 17.0. The molecule has 5 rings (SSSR count). The summed E-state index contributed by atoms with van der Waals surface area (Å²) >= 11 is 2.64. The van der Waals surface area contributed by atoms with Gasteiger partial charge in [0.1, 0.15) is 11.6 Å². The Balaban J connectivity index is 1.65. The molecule has 2 aromatic heterocycles. The van der Waals surface area contributed by atoms with Crippen molar-refractivity contribution in [3.8, 4) is 33.3 Å². The average molecular weight is 536 g/mol. The van der Waals surface area contributed by atoms with Crippen LogP contribution in [0.3, 0.4) is 0 Å². The quantitative estimate of drug-likeness (QED) is 0.279. The zero-order valence-electron chi connectivity index (χ0n) is 19.0. The highest BCUT2D eigenvalue weighted by molar-refractivity contribution is 8.01. The van der Waals surface area contributed by atoms with Crippen LogP contribution in [-0.4, -0.2) is 32.2 Å². The molecule has 0 saturated carbocycles. The van der Waals surface area contributed by atoms with Crippen LogP contribution in [-0.2, 0) is 0 Å². The van der Waals surface area contributed by atoms with E-state index >= 15 is 0 Å². The van der Waals surface area contributed by atoms with Gasteiger partial charge in [-0.3, -0.25) is 0 Å². The number of thioether (sulfide) groups is 1. The number of alkyl halides is 3. The molecule has 1 unspecified atom stereocenters. The topological polar surface area (TPSA) is 77.2 Å². The van der Waals surface area contributed by atoms with Gasteiger partial charge in [-0.25, -0.2) is 14.2 Å². The number of aromatic carboxylic acids is 1. The third kappa shape index (κ3) is 4.24. The SMILES string of the molecule is Cc1cc(OC(F)(F)F)cc2c1-c1nc(-n3nc(C)c(-c4cccc(F)c4)c3C(=O)O)sc1SC2C. The van der Waals surface area contributed by atoms with E-state index in [9.17, 15) is 27.5 Å². The molecule has 2 aromatic carbocycles. The van der Waals surface area contributed by atoms with Crippen LogP contribution in [0.4, 0.5) is 17.6 Å². The van der Waals surface area contributed by atoms with Crippen molar-refractivity contribution in [1.29, 1.82) is 0 Å². The predicted octanol–water partition coefficient (Wildman–Crippen LogP) is 7.18. The van der Waals surface area contributed by atoms with Gasteiger partial charge in [-0.05, 0) is 61.7 Å². The fourth-order valence-electron chi connectivity index (χ4n) is 4.32. The van der Waals surface area contributed by atoms with Gasteiger partial charge in [0.2, 0.25) is 5.13 Å². The van der Waals surface area contributed by atoms with Crippen LogP contribution in [0, 0.1) is 19.7 Å². The first-order chi connectivity index (χ1) is 16.9. The Labute approximate surface area is 210 Å². The molecule has 3 heterocycles. The number of carboxylic acids is 1. The smallest absolute Gasteiger partial charge is 0.476 e. The van der Waals surface area contributed by atoms with E-state index in [1.807, 2.05) is 6.92 Å². The van der Waals surface area contributed by atoms with E-state index in [0.717, 1.165) is 4.21 Å². The maximum Gasteiger partial charge on any atom is 0.573 e. The van der Waals surface area contributed by atoms with Crippen molar-refractivity contribution in [1.82, 2.24) is 14.8 Å². The summed E-state index contributed by atoms with van der Waals surface area (Å²) in [5.41, 5.74) is 3.29. The Kier molecular flexibility index (Phi) is 5.83. The molecular formula is C24H17F4N3O3S2. The van der Waals surface area contributed by atoms with E-state index in [0.29, 0.717) is 33.6 Å². The number of benzene rings is 2.